The molecule has 3 rings (SSSR count). The molecule has 2 unspecified atom stereocenters. The molecule has 0 aromatic heterocycles. The number of hydrogen-bond acceptors (Lipinski definition) is 5. The zero-order valence-corrected chi connectivity index (χ0v) is 24.5. The van der Waals surface area contributed by atoms with Gasteiger partial charge in [-0.05, 0) is 51.9 Å². The molecule has 6 atom stereocenters. The number of hydrogen-bond donors (Lipinski definition) is 1. The van der Waals surface area contributed by atoms with Crippen molar-refractivity contribution in [1.82, 2.24) is 14.7 Å². The number of nitrogens with zero attached hydrogens (tertiary/aromatic N) is 3. The normalized spacial score (nSPS) is 29.3. The number of aliphatic hydroxyl groups excluding tert-OH is 1. The number of rotatable bonds is 12. The molecule has 3 aliphatic heterocycles. The van der Waals surface area contributed by atoms with Crippen LogP contribution in [0.15, 0.2) is 25.3 Å². The molecule has 0 aromatic rings. The topological polar surface area (TPSA) is 90.4 Å². The Morgan fingerprint density at radius 3 is 2.34 bits per heavy atom. The van der Waals surface area contributed by atoms with Gasteiger partial charge in [0.15, 0.2) is 0 Å². The lowest BCUT2D eigenvalue weighted by Gasteiger charge is -2.46. The number of ether oxygens (including phenoxy) is 1. The Bertz CT molecular complexity index is 941. The lowest BCUT2D eigenvalue weighted by molar-refractivity contribution is -0.155. The van der Waals surface area contributed by atoms with E-state index < -0.39 is 41.2 Å². The molecule has 3 fully saturated rings. The molecule has 3 aliphatic rings. The summed E-state index contributed by atoms with van der Waals surface area (Å²) >= 11 is 0. The Morgan fingerprint density at radius 2 is 1.82 bits per heavy atom. The molecule has 0 aromatic carbocycles. The third-order valence-electron chi connectivity index (χ3n) is 8.42. The molecule has 1 spiro atoms. The van der Waals surface area contributed by atoms with Gasteiger partial charge in [0.25, 0.3) is 0 Å². The summed E-state index contributed by atoms with van der Waals surface area (Å²) in [5, 5.41) is 10.1. The molecule has 3 amide bonds. The van der Waals surface area contributed by atoms with Crippen molar-refractivity contribution in [1.29, 1.82) is 0 Å². The Morgan fingerprint density at radius 1 is 1.18 bits per heavy atom. The van der Waals surface area contributed by atoms with Crippen LogP contribution in [0.2, 0.25) is 0 Å². The molecular weight excluding hydrogens is 482 g/mol. The summed E-state index contributed by atoms with van der Waals surface area (Å²) in [4.78, 5) is 47.7. The average Bonchev–Trinajstić information content (AvgIpc) is 3.46. The van der Waals surface area contributed by atoms with Crippen LogP contribution in [0, 0.1) is 17.3 Å². The summed E-state index contributed by atoms with van der Waals surface area (Å²) < 4.78 is 6.60. The van der Waals surface area contributed by atoms with Crippen LogP contribution in [0.1, 0.15) is 74.1 Å². The molecule has 214 valence electrons. The van der Waals surface area contributed by atoms with Gasteiger partial charge in [0, 0.05) is 25.2 Å². The average molecular weight is 532 g/mol. The Labute approximate surface area is 229 Å². The second-order valence-electron chi connectivity index (χ2n) is 13.2. The Kier molecular flexibility index (Phi) is 8.89. The summed E-state index contributed by atoms with van der Waals surface area (Å²) in [6, 6.07) is -1.51. The van der Waals surface area contributed by atoms with Gasteiger partial charge in [-0.1, -0.05) is 39.8 Å². The summed E-state index contributed by atoms with van der Waals surface area (Å²) in [6.07, 6.45) is 5.68. The van der Waals surface area contributed by atoms with Gasteiger partial charge in [-0.25, -0.2) is 0 Å². The smallest absolute Gasteiger partial charge is 0.249 e. The lowest BCUT2D eigenvalue weighted by Crippen LogP contribution is -2.62. The molecule has 0 aliphatic carbocycles. The minimum atomic E-state index is -1.09. The van der Waals surface area contributed by atoms with Crippen LogP contribution < -0.4 is 0 Å². The van der Waals surface area contributed by atoms with Gasteiger partial charge in [0.1, 0.15) is 11.6 Å². The first-order valence-electron chi connectivity index (χ1n) is 14.1. The second-order valence-corrected chi connectivity index (χ2v) is 13.2. The van der Waals surface area contributed by atoms with Crippen molar-refractivity contribution in [2.45, 2.75) is 103 Å². The van der Waals surface area contributed by atoms with E-state index in [1.807, 2.05) is 25.7 Å². The van der Waals surface area contributed by atoms with Crippen LogP contribution in [0.5, 0.6) is 0 Å². The van der Waals surface area contributed by atoms with E-state index in [1.165, 1.54) is 4.90 Å². The highest BCUT2D eigenvalue weighted by Gasteiger charge is 2.75. The maximum atomic E-state index is 14.6. The van der Waals surface area contributed by atoms with Crippen LogP contribution >= 0.6 is 0 Å². The predicted octanol–water partition coefficient (Wildman–Crippen LogP) is 3.40. The van der Waals surface area contributed by atoms with Crippen molar-refractivity contribution >= 4 is 17.7 Å². The number of aliphatic hydroxyl groups is 1. The van der Waals surface area contributed by atoms with E-state index in [4.69, 9.17) is 4.74 Å². The van der Waals surface area contributed by atoms with Crippen molar-refractivity contribution < 1.29 is 24.2 Å². The molecule has 0 saturated carbocycles. The fourth-order valence-corrected chi connectivity index (χ4v) is 7.45. The number of fused-ring (bicyclic) bond motifs is 1. The van der Waals surface area contributed by atoms with Gasteiger partial charge >= 0.3 is 0 Å². The van der Waals surface area contributed by atoms with E-state index >= 15 is 0 Å². The van der Waals surface area contributed by atoms with E-state index in [1.54, 1.807) is 24.0 Å². The summed E-state index contributed by atoms with van der Waals surface area (Å²) in [7, 11) is 0. The standard InChI is InChI=1S/C30H49N3O5/c1-10-15-31(16-11-2)25(35)22-21-13-14-30(38-21)23(22)26(36)33(20(4)18-34)24(30)27(37)32(17-12-3)29(8,9)19-28(5,6)7/h10,12,20-24,34H,1,3,11,13-19H2,2,4-9H3/t20-,21+,22-,23+,24?,30?/m1/s1. The third-order valence-corrected chi connectivity index (χ3v) is 8.42. The first-order chi connectivity index (χ1) is 17.7. The van der Waals surface area contributed by atoms with Crippen molar-refractivity contribution in [3.63, 3.8) is 0 Å². The lowest BCUT2D eigenvalue weighted by atomic mass is 9.70. The van der Waals surface area contributed by atoms with Crippen LogP contribution in [0.3, 0.4) is 0 Å². The fraction of sp³-hybridized carbons (Fsp3) is 0.767. The van der Waals surface area contributed by atoms with Crippen molar-refractivity contribution in [3.05, 3.63) is 25.3 Å². The molecule has 2 bridgehead atoms. The van der Waals surface area contributed by atoms with Gasteiger partial charge in [-0.15, -0.1) is 13.2 Å². The third kappa shape index (κ3) is 5.18. The molecule has 8 heteroatoms. The molecule has 0 radical (unpaired) electrons. The Hall–Kier alpha value is -2.19. The molecule has 3 heterocycles. The molecular formula is C30H49N3O5. The second kappa shape index (κ2) is 11.1. The van der Waals surface area contributed by atoms with Crippen LogP contribution in [0.25, 0.3) is 0 Å². The summed E-state index contributed by atoms with van der Waals surface area (Å²) in [5.41, 5.74) is -1.66. The van der Waals surface area contributed by atoms with Crippen LogP contribution in [-0.4, -0.2) is 93.1 Å². The number of amides is 3. The molecule has 3 saturated heterocycles. The van der Waals surface area contributed by atoms with Gasteiger partial charge < -0.3 is 24.5 Å². The first-order valence-corrected chi connectivity index (χ1v) is 14.1. The number of likely N-dealkylation sites (tertiary alicyclic amines) is 1. The SMILES string of the molecule is C=CCN(CCC)C(=O)[C@@H]1[C@@H]2CCC3(O2)C(C(=O)N(CC=C)C(C)(C)CC(C)(C)C)N([C@H](C)CO)C(=O)[C@H]13. The molecule has 8 nitrogen and oxygen atoms in total. The monoisotopic (exact) mass is 531 g/mol. The first kappa shape index (κ1) is 30.4. The minimum absolute atomic E-state index is 0.0404. The van der Waals surface area contributed by atoms with Crippen LogP contribution in [0.4, 0.5) is 0 Å². The van der Waals surface area contributed by atoms with Gasteiger partial charge in [0.05, 0.1) is 30.6 Å². The highest BCUT2D eigenvalue weighted by atomic mass is 16.5. The minimum Gasteiger partial charge on any atom is -0.394 e. The predicted molar refractivity (Wildman–Crippen MR) is 148 cm³/mol. The highest BCUT2D eigenvalue weighted by molar-refractivity contribution is 5.99. The zero-order valence-electron chi connectivity index (χ0n) is 24.5. The van der Waals surface area contributed by atoms with Gasteiger partial charge in [-0.2, -0.15) is 0 Å². The van der Waals surface area contributed by atoms with E-state index in [2.05, 4.69) is 33.9 Å². The van der Waals surface area contributed by atoms with Crippen molar-refractivity contribution in [2.24, 2.45) is 17.3 Å². The van der Waals surface area contributed by atoms with E-state index in [0.717, 1.165) is 12.8 Å². The zero-order chi connectivity index (χ0) is 28.6. The molecule has 38 heavy (non-hydrogen) atoms. The number of carbonyl (C=O) groups excluding carboxylic acids is 3. The number of carbonyl (C=O) groups is 3. The quantitative estimate of drug-likeness (QED) is 0.390. The van der Waals surface area contributed by atoms with E-state index in [0.29, 0.717) is 32.5 Å². The molecule has 1 N–H and O–H groups in total. The van der Waals surface area contributed by atoms with Gasteiger partial charge in [-0.3, -0.25) is 14.4 Å². The summed E-state index contributed by atoms with van der Waals surface area (Å²) in [5.74, 6) is -1.99. The van der Waals surface area contributed by atoms with Crippen molar-refractivity contribution in [2.75, 3.05) is 26.2 Å². The van der Waals surface area contributed by atoms with Crippen molar-refractivity contribution in [3.8, 4) is 0 Å². The fourth-order valence-electron chi connectivity index (χ4n) is 7.45. The van der Waals surface area contributed by atoms with E-state index in [9.17, 15) is 19.5 Å². The van der Waals surface area contributed by atoms with Gasteiger partial charge in [0.2, 0.25) is 17.7 Å². The van der Waals surface area contributed by atoms with Crippen LogP contribution in [-0.2, 0) is 19.1 Å². The highest BCUT2D eigenvalue weighted by Crippen LogP contribution is 2.59. The Balaban J connectivity index is 2.09. The maximum Gasteiger partial charge on any atom is 0.249 e. The summed E-state index contributed by atoms with van der Waals surface area (Å²) in [6.45, 7) is 23.0. The van der Waals surface area contributed by atoms with E-state index in [-0.39, 0.29) is 29.7 Å². The largest absolute Gasteiger partial charge is 0.394 e. The maximum absolute atomic E-state index is 14.6.